The van der Waals surface area contributed by atoms with Crippen LogP contribution >= 0.6 is 0 Å². The summed E-state index contributed by atoms with van der Waals surface area (Å²) in [6, 6.07) is 12.2. The molecule has 3 amide bonds. The molecule has 2 aromatic carbocycles. The van der Waals surface area contributed by atoms with Crippen LogP contribution in [0.15, 0.2) is 48.5 Å². The molecule has 0 aromatic heterocycles. The second-order valence-electron chi connectivity index (χ2n) is 9.38. The molecule has 0 aliphatic carbocycles. The number of nitrogens with zero attached hydrogens (tertiary/aromatic N) is 1. The Morgan fingerprint density at radius 3 is 2.49 bits per heavy atom. The van der Waals surface area contributed by atoms with Gasteiger partial charge in [0.1, 0.15) is 18.1 Å². The molecule has 1 unspecified atom stereocenters. The normalized spacial score (nSPS) is 20.4. The van der Waals surface area contributed by atoms with E-state index >= 15 is 0 Å². The van der Waals surface area contributed by atoms with E-state index in [9.17, 15) is 24.3 Å². The highest BCUT2D eigenvalue weighted by Crippen LogP contribution is 2.39. The molecule has 0 radical (unpaired) electrons. The molecule has 2 aliphatic heterocycles. The number of carboxylic acids is 1. The van der Waals surface area contributed by atoms with Gasteiger partial charge in [-0.3, -0.25) is 19.3 Å². The van der Waals surface area contributed by atoms with Crippen LogP contribution in [-0.4, -0.2) is 46.9 Å². The van der Waals surface area contributed by atoms with Crippen molar-refractivity contribution < 1.29 is 24.3 Å². The summed E-state index contributed by atoms with van der Waals surface area (Å²) in [6.45, 7) is 3.82. The van der Waals surface area contributed by atoms with Crippen molar-refractivity contribution in [3.63, 3.8) is 0 Å². The minimum absolute atomic E-state index is 0.148. The number of anilines is 1. The molecule has 0 spiro atoms. The van der Waals surface area contributed by atoms with Crippen molar-refractivity contribution in [1.29, 1.82) is 0 Å². The van der Waals surface area contributed by atoms with Crippen LogP contribution in [0.3, 0.4) is 0 Å². The maximum absolute atomic E-state index is 13.5. The van der Waals surface area contributed by atoms with E-state index in [0.717, 1.165) is 16.7 Å². The first kappa shape index (κ1) is 24.4. The highest BCUT2D eigenvalue weighted by molar-refractivity contribution is 6.07. The first-order chi connectivity index (χ1) is 16.8. The number of carboxylic acid groups (broad SMARTS) is 1. The second kappa shape index (κ2) is 10.3. The summed E-state index contributed by atoms with van der Waals surface area (Å²) in [7, 11) is 0. The molecule has 35 heavy (non-hydrogen) atoms. The molecule has 2 aliphatic rings. The van der Waals surface area contributed by atoms with Crippen molar-refractivity contribution in [2.75, 3.05) is 4.90 Å². The van der Waals surface area contributed by atoms with Crippen molar-refractivity contribution in [3.05, 3.63) is 65.2 Å². The average Bonchev–Trinajstić information content (AvgIpc) is 3.19. The van der Waals surface area contributed by atoms with Crippen molar-refractivity contribution in [2.45, 2.75) is 64.1 Å². The number of amides is 3. The van der Waals surface area contributed by atoms with Gasteiger partial charge < -0.3 is 15.7 Å². The number of hydrogen-bond acceptors (Lipinski definition) is 4. The Morgan fingerprint density at radius 1 is 1.09 bits per heavy atom. The fraction of sp³-hybridized carbons (Fsp3) is 0.407. The van der Waals surface area contributed by atoms with Gasteiger partial charge in [0.25, 0.3) is 0 Å². The van der Waals surface area contributed by atoms with E-state index in [1.165, 1.54) is 4.90 Å². The molecular formula is C27H31N3O5. The van der Waals surface area contributed by atoms with Crippen molar-refractivity contribution in [1.82, 2.24) is 10.6 Å². The van der Waals surface area contributed by atoms with Crippen LogP contribution in [0.2, 0.25) is 0 Å². The minimum atomic E-state index is -1.07. The molecule has 2 heterocycles. The van der Waals surface area contributed by atoms with Gasteiger partial charge in [-0.25, -0.2) is 4.79 Å². The number of benzene rings is 2. The van der Waals surface area contributed by atoms with E-state index < -0.39 is 35.9 Å². The van der Waals surface area contributed by atoms with E-state index in [2.05, 4.69) is 10.6 Å². The van der Waals surface area contributed by atoms with Crippen LogP contribution in [-0.2, 0) is 38.4 Å². The van der Waals surface area contributed by atoms with Crippen LogP contribution in [0, 0.1) is 5.92 Å². The summed E-state index contributed by atoms with van der Waals surface area (Å²) in [5.41, 5.74) is 3.25. The van der Waals surface area contributed by atoms with Gasteiger partial charge in [-0.1, -0.05) is 68.8 Å². The maximum Gasteiger partial charge on any atom is 0.327 e. The van der Waals surface area contributed by atoms with E-state index in [4.69, 9.17) is 0 Å². The predicted molar refractivity (Wildman–Crippen MR) is 131 cm³/mol. The summed E-state index contributed by atoms with van der Waals surface area (Å²) < 4.78 is 0. The molecule has 0 bridgehead atoms. The second-order valence-corrected chi connectivity index (χ2v) is 9.38. The van der Waals surface area contributed by atoms with Crippen molar-refractivity contribution >= 4 is 29.4 Å². The number of para-hydroxylation sites is 1. The summed E-state index contributed by atoms with van der Waals surface area (Å²) in [6.07, 6.45) is 1.95. The van der Waals surface area contributed by atoms with Gasteiger partial charge in [-0.05, 0) is 35.4 Å². The highest BCUT2D eigenvalue weighted by Gasteiger charge is 2.44. The molecule has 4 atom stereocenters. The van der Waals surface area contributed by atoms with Crippen molar-refractivity contribution in [2.24, 2.45) is 5.92 Å². The quantitative estimate of drug-likeness (QED) is 0.539. The Kier molecular flexibility index (Phi) is 7.19. The number of aliphatic carboxylic acids is 1. The first-order valence-electron chi connectivity index (χ1n) is 12.1. The molecular weight excluding hydrogens is 446 g/mol. The lowest BCUT2D eigenvalue weighted by atomic mass is 9.96. The van der Waals surface area contributed by atoms with Crippen molar-refractivity contribution in [3.8, 4) is 0 Å². The number of hydrogen-bond donors (Lipinski definition) is 3. The molecule has 184 valence electrons. The van der Waals surface area contributed by atoms with Gasteiger partial charge in [-0.15, -0.1) is 0 Å². The van der Waals surface area contributed by atoms with Crippen LogP contribution < -0.4 is 15.5 Å². The van der Waals surface area contributed by atoms with E-state index in [-0.39, 0.29) is 24.7 Å². The number of carbonyl (C=O) groups excluding carboxylic acids is 3. The summed E-state index contributed by atoms with van der Waals surface area (Å²) in [4.78, 5) is 52.8. The Labute approximate surface area is 204 Å². The van der Waals surface area contributed by atoms with Crippen LogP contribution in [0.5, 0.6) is 0 Å². The lowest BCUT2D eigenvalue weighted by molar-refractivity contribution is -0.140. The van der Waals surface area contributed by atoms with Gasteiger partial charge in [0.2, 0.25) is 17.7 Å². The largest absolute Gasteiger partial charge is 0.480 e. The molecule has 2 aromatic rings. The standard InChI is InChI=1S/C27H31N3O5/c1-3-16(2)23(29-22(31)14-17-8-5-4-6-9-17)25(32)28-20-13-12-18-10-7-11-19-15-21(27(34)35)30(24(18)19)26(20)33/h4-11,16,20-21,23H,3,12-15H2,1-2H3,(H,28,32)(H,29,31)(H,34,35)/t16?,20-,21-,23-/m0/s1. The molecule has 4 rings (SSSR count). The SMILES string of the molecule is CCC(C)[C@H](NC(=O)Cc1ccccc1)C(=O)N[C@H]1CCc2cccc3c2N(C1=O)[C@H](C(=O)O)C3. The molecule has 3 N–H and O–H groups in total. The van der Waals surface area contributed by atoms with Gasteiger partial charge in [0.05, 0.1) is 12.1 Å². The summed E-state index contributed by atoms with van der Waals surface area (Å²) in [5, 5.41) is 15.4. The smallest absolute Gasteiger partial charge is 0.327 e. The Balaban J connectivity index is 1.51. The first-order valence-corrected chi connectivity index (χ1v) is 12.1. The van der Waals surface area contributed by atoms with Crippen LogP contribution in [0.4, 0.5) is 5.69 Å². The predicted octanol–water partition coefficient (Wildman–Crippen LogP) is 2.23. The lowest BCUT2D eigenvalue weighted by Crippen LogP contribution is -2.57. The highest BCUT2D eigenvalue weighted by atomic mass is 16.4. The van der Waals surface area contributed by atoms with Gasteiger partial charge in [0, 0.05) is 6.42 Å². The number of nitrogens with one attached hydrogen (secondary N) is 2. The van der Waals surface area contributed by atoms with E-state index in [0.29, 0.717) is 24.9 Å². The molecule has 8 nitrogen and oxygen atoms in total. The fourth-order valence-electron chi connectivity index (χ4n) is 4.93. The zero-order valence-electron chi connectivity index (χ0n) is 20.0. The topological polar surface area (TPSA) is 116 Å². The number of rotatable bonds is 8. The minimum Gasteiger partial charge on any atom is -0.480 e. The Hall–Kier alpha value is -3.68. The lowest BCUT2D eigenvalue weighted by Gasteiger charge is -2.29. The molecule has 8 heteroatoms. The third-order valence-electron chi connectivity index (χ3n) is 7.03. The van der Waals surface area contributed by atoms with Crippen LogP contribution in [0.25, 0.3) is 0 Å². The maximum atomic E-state index is 13.5. The van der Waals surface area contributed by atoms with E-state index in [1.54, 1.807) is 0 Å². The summed E-state index contributed by atoms with van der Waals surface area (Å²) in [5.74, 6) is -2.35. The molecule has 0 fully saturated rings. The van der Waals surface area contributed by atoms with Gasteiger partial charge >= 0.3 is 5.97 Å². The van der Waals surface area contributed by atoms with Gasteiger partial charge in [-0.2, -0.15) is 0 Å². The number of aryl methyl sites for hydroxylation is 1. The van der Waals surface area contributed by atoms with E-state index in [1.807, 2.05) is 62.4 Å². The van der Waals surface area contributed by atoms with Crippen LogP contribution in [0.1, 0.15) is 43.4 Å². The zero-order chi connectivity index (χ0) is 25.1. The summed E-state index contributed by atoms with van der Waals surface area (Å²) >= 11 is 0. The molecule has 0 saturated heterocycles. The third kappa shape index (κ3) is 5.06. The number of carbonyl (C=O) groups is 4. The average molecular weight is 478 g/mol. The Bertz CT molecular complexity index is 1130. The monoisotopic (exact) mass is 477 g/mol. The third-order valence-corrected chi connectivity index (χ3v) is 7.03. The fourth-order valence-corrected chi connectivity index (χ4v) is 4.93. The zero-order valence-corrected chi connectivity index (χ0v) is 20.0. The Morgan fingerprint density at radius 2 is 1.80 bits per heavy atom. The molecule has 0 saturated carbocycles. The van der Waals surface area contributed by atoms with Gasteiger partial charge in [0.15, 0.2) is 0 Å².